The maximum atomic E-state index is 12.2. The van der Waals surface area contributed by atoms with Crippen molar-refractivity contribution in [2.75, 3.05) is 42.6 Å². The second kappa shape index (κ2) is 7.22. The lowest BCUT2D eigenvalue weighted by molar-refractivity contribution is 0.0517. The van der Waals surface area contributed by atoms with E-state index in [1.54, 1.807) is 13.8 Å². The predicted molar refractivity (Wildman–Crippen MR) is 101 cm³/mol. The first kappa shape index (κ1) is 17.3. The maximum absolute atomic E-state index is 12.2. The molecule has 3 aromatic rings. The van der Waals surface area contributed by atoms with E-state index in [-0.39, 0.29) is 12.3 Å². The Labute approximate surface area is 156 Å². The summed E-state index contributed by atoms with van der Waals surface area (Å²) in [5.41, 5.74) is 1.65. The van der Waals surface area contributed by atoms with Crippen molar-refractivity contribution in [3.8, 4) is 0 Å². The Morgan fingerprint density at radius 2 is 1.81 bits per heavy atom. The van der Waals surface area contributed by atoms with Crippen LogP contribution >= 0.6 is 0 Å². The molecule has 0 radical (unpaired) electrons. The Kier molecular flexibility index (Phi) is 4.62. The number of anilines is 2. The van der Waals surface area contributed by atoms with Gasteiger partial charge in [-0.25, -0.2) is 9.78 Å². The lowest BCUT2D eigenvalue weighted by atomic mass is 10.2. The van der Waals surface area contributed by atoms with E-state index >= 15 is 0 Å². The van der Waals surface area contributed by atoms with Gasteiger partial charge in [0.15, 0.2) is 0 Å². The molecule has 0 unspecified atom stereocenters. The van der Waals surface area contributed by atoms with Crippen LogP contribution in [0.25, 0.3) is 11.1 Å². The second-order valence-corrected chi connectivity index (χ2v) is 6.34. The number of aryl methyl sites for hydroxylation is 1. The van der Waals surface area contributed by atoms with Gasteiger partial charge in [-0.1, -0.05) is 23.4 Å². The van der Waals surface area contributed by atoms with Gasteiger partial charge in [-0.2, -0.15) is 4.98 Å². The van der Waals surface area contributed by atoms with Crippen LogP contribution in [0.4, 0.5) is 11.5 Å². The average molecular weight is 367 g/mol. The highest BCUT2D eigenvalue weighted by Crippen LogP contribution is 2.29. The number of esters is 1. The summed E-state index contributed by atoms with van der Waals surface area (Å²) in [5.74, 6) is 0.733. The summed E-state index contributed by atoms with van der Waals surface area (Å²) in [7, 11) is 0. The molecule has 8 nitrogen and oxygen atoms in total. The summed E-state index contributed by atoms with van der Waals surface area (Å²) in [4.78, 5) is 25.6. The zero-order valence-corrected chi connectivity index (χ0v) is 15.4. The van der Waals surface area contributed by atoms with Crippen molar-refractivity contribution in [1.29, 1.82) is 0 Å². The fraction of sp³-hybridized carbons (Fsp3) is 0.368. The first-order valence-corrected chi connectivity index (χ1v) is 9.03. The first-order chi connectivity index (χ1) is 13.2. The molecule has 4 rings (SSSR count). The molecule has 0 aliphatic carbocycles. The summed E-state index contributed by atoms with van der Waals surface area (Å²) in [6, 6.07) is 10.3. The maximum Gasteiger partial charge on any atom is 0.361 e. The van der Waals surface area contributed by atoms with Gasteiger partial charge in [0.25, 0.3) is 5.71 Å². The van der Waals surface area contributed by atoms with Crippen molar-refractivity contribution in [2.45, 2.75) is 13.8 Å². The van der Waals surface area contributed by atoms with E-state index in [9.17, 15) is 4.79 Å². The lowest BCUT2D eigenvalue weighted by Crippen LogP contribution is -2.47. The van der Waals surface area contributed by atoms with Gasteiger partial charge in [0, 0.05) is 31.9 Å². The van der Waals surface area contributed by atoms with Crippen molar-refractivity contribution >= 4 is 28.6 Å². The Hall–Kier alpha value is -3.16. The summed E-state index contributed by atoms with van der Waals surface area (Å²) >= 11 is 0. The molecule has 8 heteroatoms. The van der Waals surface area contributed by atoms with Gasteiger partial charge in [0.1, 0.15) is 17.0 Å². The van der Waals surface area contributed by atoms with Crippen molar-refractivity contribution in [3.05, 3.63) is 41.9 Å². The van der Waals surface area contributed by atoms with Crippen LogP contribution in [0.1, 0.15) is 23.2 Å². The molecule has 1 aliphatic heterocycles. The summed E-state index contributed by atoms with van der Waals surface area (Å²) in [6.07, 6.45) is 0. The minimum absolute atomic E-state index is 0.132. The van der Waals surface area contributed by atoms with E-state index in [4.69, 9.17) is 9.26 Å². The van der Waals surface area contributed by atoms with E-state index < -0.39 is 5.97 Å². The second-order valence-electron chi connectivity index (χ2n) is 6.34. The number of hydrogen-bond donors (Lipinski definition) is 0. The van der Waals surface area contributed by atoms with E-state index in [1.807, 2.05) is 18.2 Å². The van der Waals surface area contributed by atoms with Gasteiger partial charge >= 0.3 is 5.97 Å². The first-order valence-electron chi connectivity index (χ1n) is 9.03. The van der Waals surface area contributed by atoms with Gasteiger partial charge < -0.3 is 19.1 Å². The molecule has 0 bridgehead atoms. The Bertz CT molecular complexity index is 949. The molecule has 0 spiro atoms. The molecule has 1 aromatic carbocycles. The molecular formula is C19H21N5O3. The minimum Gasteiger partial charge on any atom is -0.461 e. The molecule has 0 saturated carbocycles. The van der Waals surface area contributed by atoms with Crippen LogP contribution in [0.2, 0.25) is 0 Å². The Morgan fingerprint density at radius 3 is 2.52 bits per heavy atom. The smallest absolute Gasteiger partial charge is 0.361 e. The lowest BCUT2D eigenvalue weighted by Gasteiger charge is -2.36. The van der Waals surface area contributed by atoms with E-state index in [2.05, 4.69) is 37.1 Å². The number of carbonyl (C=O) groups is 1. The van der Waals surface area contributed by atoms with Crippen molar-refractivity contribution in [3.63, 3.8) is 0 Å². The highest BCUT2D eigenvalue weighted by Gasteiger charge is 2.27. The third-order valence-electron chi connectivity index (χ3n) is 4.60. The minimum atomic E-state index is -0.520. The molecule has 1 saturated heterocycles. The topological polar surface area (TPSA) is 84.6 Å². The van der Waals surface area contributed by atoms with Gasteiger partial charge in [-0.05, 0) is 26.0 Å². The Balaban J connectivity index is 1.64. The van der Waals surface area contributed by atoms with Crippen LogP contribution in [-0.2, 0) is 4.74 Å². The van der Waals surface area contributed by atoms with Crippen molar-refractivity contribution in [2.24, 2.45) is 0 Å². The SMILES string of the molecule is CCOC(=O)c1noc2nc(C)nc(N3CCN(c4ccccc4)CC3)c12. The number of piperazine rings is 1. The van der Waals surface area contributed by atoms with E-state index in [1.165, 1.54) is 5.69 Å². The summed E-state index contributed by atoms with van der Waals surface area (Å²) < 4.78 is 10.4. The molecule has 1 fully saturated rings. The summed E-state index contributed by atoms with van der Waals surface area (Å²) in [5, 5.41) is 4.40. The predicted octanol–water partition coefficient (Wildman–Crippen LogP) is 2.43. The standard InChI is InChI=1S/C19H21N5O3/c1-3-26-19(25)16-15-17(20-13(2)21-18(15)27-22-16)24-11-9-23(10-12-24)14-7-5-4-6-8-14/h4-8H,3,9-12H2,1-2H3. The van der Waals surface area contributed by atoms with E-state index in [0.29, 0.717) is 22.7 Å². The fourth-order valence-electron chi connectivity index (χ4n) is 3.32. The molecule has 0 atom stereocenters. The molecule has 0 amide bonds. The molecule has 2 aromatic heterocycles. The number of aromatic nitrogens is 3. The van der Waals surface area contributed by atoms with Gasteiger partial charge in [-0.15, -0.1) is 0 Å². The molecule has 140 valence electrons. The number of fused-ring (bicyclic) bond motifs is 1. The molecular weight excluding hydrogens is 346 g/mol. The van der Waals surface area contributed by atoms with Crippen LogP contribution in [0.3, 0.4) is 0 Å². The quantitative estimate of drug-likeness (QED) is 0.650. The van der Waals surface area contributed by atoms with Crippen LogP contribution in [0.15, 0.2) is 34.9 Å². The van der Waals surface area contributed by atoms with Gasteiger partial charge in [0.05, 0.1) is 6.61 Å². The van der Waals surface area contributed by atoms with Crippen LogP contribution in [0.5, 0.6) is 0 Å². The highest BCUT2D eigenvalue weighted by molar-refractivity contribution is 6.04. The van der Waals surface area contributed by atoms with Gasteiger partial charge in [-0.3, -0.25) is 0 Å². The van der Waals surface area contributed by atoms with Crippen LogP contribution in [0, 0.1) is 6.92 Å². The fourth-order valence-corrected chi connectivity index (χ4v) is 3.32. The molecule has 27 heavy (non-hydrogen) atoms. The highest BCUT2D eigenvalue weighted by atomic mass is 16.5. The number of ether oxygens (including phenoxy) is 1. The molecule has 0 N–H and O–H groups in total. The van der Waals surface area contributed by atoms with Crippen molar-refractivity contribution in [1.82, 2.24) is 15.1 Å². The van der Waals surface area contributed by atoms with Crippen LogP contribution < -0.4 is 9.80 Å². The number of para-hydroxylation sites is 1. The monoisotopic (exact) mass is 367 g/mol. The zero-order valence-electron chi connectivity index (χ0n) is 15.4. The number of rotatable bonds is 4. The number of carbonyl (C=O) groups excluding carboxylic acids is 1. The Morgan fingerprint density at radius 1 is 1.11 bits per heavy atom. The number of hydrogen-bond acceptors (Lipinski definition) is 8. The normalized spacial score (nSPS) is 14.6. The summed E-state index contributed by atoms with van der Waals surface area (Å²) in [6.45, 7) is 7.08. The number of nitrogens with zero attached hydrogens (tertiary/aromatic N) is 5. The molecule has 3 heterocycles. The largest absolute Gasteiger partial charge is 0.461 e. The third kappa shape index (κ3) is 3.30. The van der Waals surface area contributed by atoms with E-state index in [0.717, 1.165) is 26.2 Å². The third-order valence-corrected chi connectivity index (χ3v) is 4.60. The number of benzene rings is 1. The van der Waals surface area contributed by atoms with Crippen molar-refractivity contribution < 1.29 is 14.1 Å². The average Bonchev–Trinajstić information content (AvgIpc) is 3.12. The molecule has 1 aliphatic rings. The van der Waals surface area contributed by atoms with Crippen LogP contribution in [-0.4, -0.2) is 53.9 Å². The van der Waals surface area contributed by atoms with Gasteiger partial charge in [0.2, 0.25) is 5.69 Å². The zero-order chi connectivity index (χ0) is 18.8.